The highest BCUT2D eigenvalue weighted by Gasteiger charge is 2.67. The average molecular weight is 648 g/mol. The number of ether oxygens (including phenoxy) is 3. The number of hydrogen-bond donors (Lipinski definition) is 2. The van der Waals surface area contributed by atoms with Gasteiger partial charge in [-0.15, -0.1) is 0 Å². The van der Waals surface area contributed by atoms with Gasteiger partial charge in [0.25, 0.3) is 0 Å². The number of carbonyl (C=O) groups excluding carboxylic acids is 2. The molecule has 2 aromatic carbocycles. The Morgan fingerprint density at radius 2 is 1.82 bits per heavy atom. The number of para-hydroxylation sites is 1. The van der Waals surface area contributed by atoms with Crippen molar-refractivity contribution in [3.63, 3.8) is 0 Å². The van der Waals surface area contributed by atoms with Gasteiger partial charge in [-0.1, -0.05) is 37.5 Å². The van der Waals surface area contributed by atoms with Gasteiger partial charge in [0.15, 0.2) is 17.3 Å². The predicted octanol–water partition coefficient (Wildman–Crippen LogP) is 4.80. The number of halogens is 1. The van der Waals surface area contributed by atoms with E-state index in [9.17, 15) is 19.8 Å². The number of nitrogens with zero attached hydrogens (tertiary/aromatic N) is 1. The lowest BCUT2D eigenvalue weighted by Gasteiger charge is -2.44. The molecule has 2 saturated carbocycles. The molecule has 0 radical (unpaired) electrons. The maximum absolute atomic E-state index is 13.9. The molecule has 39 heavy (non-hydrogen) atoms. The minimum absolute atomic E-state index is 0.0462. The second-order valence-corrected chi connectivity index (χ2v) is 12.4. The van der Waals surface area contributed by atoms with Gasteiger partial charge in [0.1, 0.15) is 5.75 Å². The van der Waals surface area contributed by atoms with Crippen LogP contribution in [0.1, 0.15) is 56.6 Å². The number of aliphatic hydroxyl groups is 1. The Labute approximate surface area is 241 Å². The number of likely N-dealkylation sites (tertiary alicyclic amines) is 1. The van der Waals surface area contributed by atoms with E-state index < -0.39 is 35.6 Å². The molecular formula is C30H34INO7. The van der Waals surface area contributed by atoms with Gasteiger partial charge in [-0.3, -0.25) is 14.5 Å². The van der Waals surface area contributed by atoms with Crippen molar-refractivity contribution in [2.75, 3.05) is 13.7 Å². The van der Waals surface area contributed by atoms with Crippen molar-refractivity contribution in [3.05, 3.63) is 51.6 Å². The van der Waals surface area contributed by atoms with Crippen LogP contribution in [0.15, 0.2) is 42.5 Å². The summed E-state index contributed by atoms with van der Waals surface area (Å²) in [5.74, 6) is -3.06. The Hall–Kier alpha value is -2.37. The monoisotopic (exact) mass is 647 g/mol. The number of methoxy groups -OCH3 is 1. The second kappa shape index (κ2) is 10.6. The van der Waals surface area contributed by atoms with E-state index in [4.69, 9.17) is 14.2 Å². The Kier molecular flexibility index (Phi) is 7.26. The molecule has 9 heteroatoms. The number of phenolic OH excluding ortho intramolecular Hbond substituents is 1. The number of imide groups is 1. The summed E-state index contributed by atoms with van der Waals surface area (Å²) >= 11 is 2.04. The summed E-state index contributed by atoms with van der Waals surface area (Å²) in [6.45, 7) is 0.161. The predicted molar refractivity (Wildman–Crippen MR) is 150 cm³/mol. The molecule has 4 aliphatic rings. The first-order valence-electron chi connectivity index (χ1n) is 13.8. The molecule has 2 aromatic rings. The number of hydrogen-bond acceptors (Lipinski definition) is 7. The number of amides is 2. The van der Waals surface area contributed by atoms with Crippen LogP contribution in [0.3, 0.4) is 0 Å². The lowest BCUT2D eigenvalue weighted by atomic mass is 9.64. The molecule has 2 saturated heterocycles. The molecule has 4 fully saturated rings. The molecule has 2 aliphatic carbocycles. The van der Waals surface area contributed by atoms with E-state index in [1.54, 1.807) is 6.07 Å². The molecule has 0 unspecified atom stereocenters. The van der Waals surface area contributed by atoms with Gasteiger partial charge in [-0.05, 0) is 78.1 Å². The normalized spacial score (nSPS) is 32.7. The summed E-state index contributed by atoms with van der Waals surface area (Å²) < 4.78 is 18.5. The molecule has 2 N–H and O–H groups in total. The molecule has 8 nitrogen and oxygen atoms in total. The molecule has 2 aliphatic heterocycles. The number of benzene rings is 2. The molecule has 0 bridgehead atoms. The third kappa shape index (κ3) is 4.60. The SMILES string of the molecule is COc1cc([C@@H]2C[C@H]3[C@H]4C(=O)N(C5CCCCC5)C(=O)[C@H]4C[C@H](COc4ccccc4)[C@@]3(O)O2)cc(I)c1O. The van der Waals surface area contributed by atoms with Crippen LogP contribution in [0, 0.1) is 27.2 Å². The van der Waals surface area contributed by atoms with Gasteiger partial charge in [-0.25, -0.2) is 0 Å². The van der Waals surface area contributed by atoms with Crippen LogP contribution < -0.4 is 9.47 Å². The number of carbonyl (C=O) groups is 2. The van der Waals surface area contributed by atoms with E-state index in [1.807, 2.05) is 59.0 Å². The van der Waals surface area contributed by atoms with Crippen LogP contribution in [0.5, 0.6) is 17.2 Å². The van der Waals surface area contributed by atoms with Gasteiger partial charge >= 0.3 is 0 Å². The standard InChI is InChI=1S/C30H34INO7/c1-37-25-13-17(12-23(31)27(25)33)24-15-22-26-21(28(34)32(29(26)35)19-8-4-2-5-9-19)14-18(30(22,36)39-24)16-38-20-10-6-3-7-11-20/h3,6-7,10-13,18-19,21-22,24,26,33,36H,2,4-5,8-9,14-16H2,1H3/t18-,21+,22+,24+,26+,30-/m1/s1. The van der Waals surface area contributed by atoms with E-state index >= 15 is 0 Å². The van der Waals surface area contributed by atoms with Gasteiger partial charge in [-0.2, -0.15) is 0 Å². The zero-order chi connectivity index (χ0) is 27.3. The number of fused-ring (bicyclic) bond motifs is 3. The maximum Gasteiger partial charge on any atom is 0.233 e. The van der Waals surface area contributed by atoms with E-state index in [-0.39, 0.29) is 30.2 Å². The third-order valence-electron chi connectivity index (χ3n) is 9.17. The topological polar surface area (TPSA) is 106 Å². The molecule has 6 atom stereocenters. The summed E-state index contributed by atoms with van der Waals surface area (Å²) in [4.78, 5) is 29.2. The number of aromatic hydroxyl groups is 1. The smallest absolute Gasteiger partial charge is 0.233 e. The van der Waals surface area contributed by atoms with E-state index in [0.29, 0.717) is 27.9 Å². The fourth-order valence-corrected chi connectivity index (χ4v) is 7.88. The van der Waals surface area contributed by atoms with Crippen LogP contribution in [0.2, 0.25) is 0 Å². The Bertz CT molecular complexity index is 1250. The quantitative estimate of drug-likeness (QED) is 0.343. The van der Waals surface area contributed by atoms with E-state index in [0.717, 1.165) is 37.7 Å². The van der Waals surface area contributed by atoms with Crippen molar-refractivity contribution in [1.29, 1.82) is 0 Å². The summed E-state index contributed by atoms with van der Waals surface area (Å²) in [6.07, 6.45) is 5.02. The van der Waals surface area contributed by atoms with Crippen molar-refractivity contribution < 1.29 is 34.0 Å². The Morgan fingerprint density at radius 3 is 2.54 bits per heavy atom. The first kappa shape index (κ1) is 26.8. The lowest BCUT2D eigenvalue weighted by molar-refractivity contribution is -0.272. The zero-order valence-corrected chi connectivity index (χ0v) is 24.1. The third-order valence-corrected chi connectivity index (χ3v) is 10.00. The van der Waals surface area contributed by atoms with Gasteiger partial charge in [0.2, 0.25) is 11.8 Å². The minimum atomic E-state index is -1.64. The van der Waals surface area contributed by atoms with Crippen molar-refractivity contribution in [1.82, 2.24) is 4.90 Å². The first-order chi connectivity index (χ1) is 18.8. The van der Waals surface area contributed by atoms with Gasteiger partial charge < -0.3 is 24.4 Å². The van der Waals surface area contributed by atoms with Crippen LogP contribution in [0.4, 0.5) is 0 Å². The molecular weight excluding hydrogens is 613 g/mol. The first-order valence-corrected chi connectivity index (χ1v) is 14.9. The fourth-order valence-electron chi connectivity index (χ4n) is 7.25. The molecule has 2 amide bonds. The summed E-state index contributed by atoms with van der Waals surface area (Å²) in [5.41, 5.74) is 0.747. The van der Waals surface area contributed by atoms with Crippen LogP contribution in [-0.4, -0.2) is 52.5 Å². The fraction of sp³-hybridized carbons (Fsp3) is 0.533. The zero-order valence-electron chi connectivity index (χ0n) is 21.9. The Balaban J connectivity index is 1.34. The summed E-state index contributed by atoms with van der Waals surface area (Å²) in [7, 11) is 1.49. The highest BCUT2D eigenvalue weighted by Crippen LogP contribution is 2.59. The highest BCUT2D eigenvalue weighted by atomic mass is 127. The van der Waals surface area contributed by atoms with Crippen LogP contribution in [-0.2, 0) is 14.3 Å². The van der Waals surface area contributed by atoms with Crippen molar-refractivity contribution in [2.45, 2.75) is 62.9 Å². The number of rotatable bonds is 6. The van der Waals surface area contributed by atoms with Crippen LogP contribution in [0.25, 0.3) is 0 Å². The highest BCUT2D eigenvalue weighted by molar-refractivity contribution is 14.1. The summed E-state index contributed by atoms with van der Waals surface area (Å²) in [5, 5.41) is 22.6. The summed E-state index contributed by atoms with van der Waals surface area (Å²) in [6, 6.07) is 12.8. The Morgan fingerprint density at radius 1 is 1.08 bits per heavy atom. The molecule has 6 rings (SSSR count). The largest absolute Gasteiger partial charge is 0.504 e. The van der Waals surface area contributed by atoms with Crippen molar-refractivity contribution in [3.8, 4) is 17.2 Å². The molecule has 208 valence electrons. The van der Waals surface area contributed by atoms with Crippen molar-refractivity contribution >= 4 is 34.4 Å². The van der Waals surface area contributed by atoms with Crippen LogP contribution >= 0.6 is 22.6 Å². The molecule has 0 aromatic heterocycles. The minimum Gasteiger partial charge on any atom is -0.504 e. The van der Waals surface area contributed by atoms with E-state index in [1.165, 1.54) is 12.0 Å². The number of phenols is 1. The molecule has 2 heterocycles. The van der Waals surface area contributed by atoms with Gasteiger partial charge in [0.05, 0.1) is 35.2 Å². The average Bonchev–Trinajstić information content (AvgIpc) is 3.43. The van der Waals surface area contributed by atoms with Crippen molar-refractivity contribution in [2.24, 2.45) is 23.7 Å². The molecule has 0 spiro atoms. The van der Waals surface area contributed by atoms with E-state index in [2.05, 4.69) is 0 Å². The maximum atomic E-state index is 13.9. The lowest BCUT2D eigenvalue weighted by Crippen LogP contribution is -2.55. The second-order valence-electron chi connectivity index (χ2n) is 11.3. The van der Waals surface area contributed by atoms with Gasteiger partial charge in [0, 0.05) is 17.9 Å².